The molecular formula is C17H19N3O4. The summed E-state index contributed by atoms with van der Waals surface area (Å²) in [5.41, 5.74) is 1.21. The molecule has 0 unspecified atom stereocenters. The Labute approximate surface area is 139 Å². The van der Waals surface area contributed by atoms with Crippen LogP contribution in [0, 0.1) is 10.1 Å². The van der Waals surface area contributed by atoms with Crippen molar-refractivity contribution in [2.45, 2.75) is 19.9 Å². The monoisotopic (exact) mass is 329 g/mol. The number of nitrogens with one attached hydrogen (secondary N) is 2. The van der Waals surface area contributed by atoms with Crippen LogP contribution in [0.2, 0.25) is 0 Å². The van der Waals surface area contributed by atoms with E-state index in [0.29, 0.717) is 12.3 Å². The van der Waals surface area contributed by atoms with Gasteiger partial charge in [0.15, 0.2) is 0 Å². The molecule has 0 aliphatic rings. The quantitative estimate of drug-likeness (QED) is 0.621. The Morgan fingerprint density at radius 2 is 1.96 bits per heavy atom. The maximum Gasteiger partial charge on any atom is 0.319 e. The van der Waals surface area contributed by atoms with Gasteiger partial charge in [0.2, 0.25) is 0 Å². The van der Waals surface area contributed by atoms with E-state index in [1.54, 1.807) is 6.07 Å². The van der Waals surface area contributed by atoms with Gasteiger partial charge in [-0.3, -0.25) is 10.1 Å². The number of hydrogen-bond acceptors (Lipinski definition) is 4. The zero-order chi connectivity index (χ0) is 17.5. The molecule has 0 fully saturated rings. The molecule has 2 aromatic carbocycles. The third kappa shape index (κ3) is 4.70. The van der Waals surface area contributed by atoms with E-state index in [-0.39, 0.29) is 11.7 Å². The molecule has 2 aromatic rings. The van der Waals surface area contributed by atoms with Crippen molar-refractivity contribution in [3.8, 4) is 5.75 Å². The normalized spacial score (nSPS) is 11.4. The second-order valence-electron chi connectivity index (χ2n) is 5.13. The third-order valence-corrected chi connectivity index (χ3v) is 3.35. The average Bonchev–Trinajstić information content (AvgIpc) is 2.55. The van der Waals surface area contributed by atoms with Crippen molar-refractivity contribution in [2.24, 2.45) is 0 Å². The van der Waals surface area contributed by atoms with E-state index in [4.69, 9.17) is 4.74 Å². The predicted octanol–water partition coefficient (Wildman–Crippen LogP) is 3.88. The summed E-state index contributed by atoms with van der Waals surface area (Å²) in [5.74, 6) is 0.773. The van der Waals surface area contributed by atoms with Crippen molar-refractivity contribution in [1.29, 1.82) is 0 Å². The summed E-state index contributed by atoms with van der Waals surface area (Å²) in [4.78, 5) is 22.3. The zero-order valence-corrected chi connectivity index (χ0v) is 13.5. The van der Waals surface area contributed by atoms with Crippen LogP contribution in [-0.4, -0.2) is 17.6 Å². The molecule has 0 spiro atoms. The fraction of sp³-hybridized carbons (Fsp3) is 0.235. The Morgan fingerprint density at radius 3 is 2.58 bits per heavy atom. The van der Waals surface area contributed by atoms with E-state index in [0.717, 1.165) is 11.3 Å². The SMILES string of the molecule is CCOc1ccc([C@@H](C)NC(=O)Nc2cccc([N+](=O)[O-])c2)cc1. The molecule has 126 valence electrons. The number of urea groups is 1. The average molecular weight is 329 g/mol. The summed E-state index contributed by atoms with van der Waals surface area (Å²) in [7, 11) is 0. The third-order valence-electron chi connectivity index (χ3n) is 3.35. The minimum Gasteiger partial charge on any atom is -0.494 e. The highest BCUT2D eigenvalue weighted by atomic mass is 16.6. The van der Waals surface area contributed by atoms with Gasteiger partial charge in [-0.2, -0.15) is 0 Å². The van der Waals surface area contributed by atoms with Crippen LogP contribution in [0.25, 0.3) is 0 Å². The summed E-state index contributed by atoms with van der Waals surface area (Å²) < 4.78 is 5.38. The predicted molar refractivity (Wildman–Crippen MR) is 91.3 cm³/mol. The minimum atomic E-state index is -0.508. The number of carbonyl (C=O) groups excluding carboxylic acids is 1. The number of nitrogens with zero attached hydrogens (tertiary/aromatic N) is 1. The molecule has 0 bridgehead atoms. The highest BCUT2D eigenvalue weighted by Crippen LogP contribution is 2.19. The molecule has 2 N–H and O–H groups in total. The molecule has 0 radical (unpaired) electrons. The van der Waals surface area contributed by atoms with Crippen LogP contribution < -0.4 is 15.4 Å². The van der Waals surface area contributed by atoms with Gasteiger partial charge in [0.25, 0.3) is 5.69 Å². The van der Waals surface area contributed by atoms with Gasteiger partial charge >= 0.3 is 6.03 Å². The Bertz CT molecular complexity index is 716. The Kier molecular flexibility index (Phi) is 5.73. The smallest absolute Gasteiger partial charge is 0.319 e. The van der Waals surface area contributed by atoms with Gasteiger partial charge in [-0.1, -0.05) is 18.2 Å². The van der Waals surface area contributed by atoms with Crippen LogP contribution in [0.1, 0.15) is 25.5 Å². The number of ether oxygens (including phenoxy) is 1. The number of benzene rings is 2. The summed E-state index contributed by atoms with van der Waals surface area (Å²) >= 11 is 0. The largest absolute Gasteiger partial charge is 0.494 e. The maximum atomic E-state index is 12.0. The van der Waals surface area contributed by atoms with Crippen LogP contribution in [0.3, 0.4) is 0 Å². The molecule has 7 heteroatoms. The molecule has 0 heterocycles. The lowest BCUT2D eigenvalue weighted by Crippen LogP contribution is -2.31. The number of amides is 2. The van der Waals surface area contributed by atoms with Crippen molar-refractivity contribution in [2.75, 3.05) is 11.9 Å². The summed E-state index contributed by atoms with van der Waals surface area (Å²) in [6.45, 7) is 4.36. The number of non-ortho nitro benzene ring substituents is 1. The lowest BCUT2D eigenvalue weighted by Gasteiger charge is -2.15. The molecule has 2 rings (SSSR count). The molecule has 7 nitrogen and oxygen atoms in total. The summed E-state index contributed by atoms with van der Waals surface area (Å²) in [6, 6.07) is 12.6. The van der Waals surface area contributed by atoms with Gasteiger partial charge in [0.1, 0.15) is 5.75 Å². The number of hydrogen-bond donors (Lipinski definition) is 2. The van der Waals surface area contributed by atoms with Gasteiger partial charge in [-0.15, -0.1) is 0 Å². The molecule has 0 saturated carbocycles. The number of carbonyl (C=O) groups is 1. The first-order valence-corrected chi connectivity index (χ1v) is 7.54. The highest BCUT2D eigenvalue weighted by molar-refractivity contribution is 5.89. The molecule has 0 saturated heterocycles. The first kappa shape index (κ1) is 17.3. The number of anilines is 1. The second kappa shape index (κ2) is 7.96. The van der Waals surface area contributed by atoms with Crippen LogP contribution in [0.4, 0.5) is 16.2 Å². The fourth-order valence-corrected chi connectivity index (χ4v) is 2.16. The van der Waals surface area contributed by atoms with Crippen LogP contribution in [0.5, 0.6) is 5.75 Å². The second-order valence-corrected chi connectivity index (χ2v) is 5.13. The minimum absolute atomic E-state index is 0.0765. The van der Waals surface area contributed by atoms with E-state index < -0.39 is 11.0 Å². The maximum absolute atomic E-state index is 12.0. The fourth-order valence-electron chi connectivity index (χ4n) is 2.16. The lowest BCUT2D eigenvalue weighted by atomic mass is 10.1. The lowest BCUT2D eigenvalue weighted by molar-refractivity contribution is -0.384. The van der Waals surface area contributed by atoms with E-state index >= 15 is 0 Å². The molecular weight excluding hydrogens is 310 g/mol. The van der Waals surface area contributed by atoms with Crippen molar-refractivity contribution < 1.29 is 14.5 Å². The Hall–Kier alpha value is -3.09. The molecule has 0 aliphatic carbocycles. The molecule has 2 amide bonds. The topological polar surface area (TPSA) is 93.5 Å². The molecule has 0 aliphatic heterocycles. The zero-order valence-electron chi connectivity index (χ0n) is 13.5. The number of nitro groups is 1. The Morgan fingerprint density at radius 1 is 1.25 bits per heavy atom. The van der Waals surface area contributed by atoms with Crippen molar-refractivity contribution in [3.05, 3.63) is 64.2 Å². The van der Waals surface area contributed by atoms with Crippen LogP contribution in [0.15, 0.2) is 48.5 Å². The van der Waals surface area contributed by atoms with Gasteiger partial charge in [0.05, 0.1) is 17.6 Å². The summed E-state index contributed by atoms with van der Waals surface area (Å²) in [6.07, 6.45) is 0. The first-order valence-electron chi connectivity index (χ1n) is 7.54. The van der Waals surface area contributed by atoms with Crippen molar-refractivity contribution >= 4 is 17.4 Å². The van der Waals surface area contributed by atoms with Gasteiger partial charge < -0.3 is 15.4 Å². The van der Waals surface area contributed by atoms with E-state index in [1.807, 2.05) is 38.1 Å². The molecule has 1 atom stereocenters. The van der Waals surface area contributed by atoms with Gasteiger partial charge in [-0.25, -0.2) is 4.79 Å². The van der Waals surface area contributed by atoms with Gasteiger partial charge in [-0.05, 0) is 37.6 Å². The van der Waals surface area contributed by atoms with Gasteiger partial charge in [0, 0.05) is 17.8 Å². The van der Waals surface area contributed by atoms with E-state index in [9.17, 15) is 14.9 Å². The van der Waals surface area contributed by atoms with Crippen LogP contribution in [-0.2, 0) is 0 Å². The van der Waals surface area contributed by atoms with Crippen molar-refractivity contribution in [3.63, 3.8) is 0 Å². The standard InChI is InChI=1S/C17H19N3O4/c1-3-24-16-9-7-13(8-10-16)12(2)18-17(21)19-14-5-4-6-15(11-14)20(22)23/h4-12H,3H2,1-2H3,(H2,18,19,21)/t12-/m1/s1. The first-order chi connectivity index (χ1) is 11.5. The number of rotatable bonds is 6. The summed E-state index contributed by atoms with van der Waals surface area (Å²) in [5, 5.41) is 16.1. The number of nitro benzene ring substituents is 1. The van der Waals surface area contributed by atoms with E-state index in [1.165, 1.54) is 18.2 Å². The Balaban J connectivity index is 1.96. The van der Waals surface area contributed by atoms with Crippen molar-refractivity contribution in [1.82, 2.24) is 5.32 Å². The highest BCUT2D eigenvalue weighted by Gasteiger charge is 2.11. The molecule has 24 heavy (non-hydrogen) atoms. The van der Waals surface area contributed by atoms with E-state index in [2.05, 4.69) is 10.6 Å². The van der Waals surface area contributed by atoms with Crippen LogP contribution >= 0.6 is 0 Å². The molecule has 0 aromatic heterocycles.